The Labute approximate surface area is 231 Å². The van der Waals surface area contributed by atoms with Crippen LogP contribution < -0.4 is 4.43 Å². The van der Waals surface area contributed by atoms with Crippen LogP contribution in [0.25, 0.3) is 6.08 Å². The van der Waals surface area contributed by atoms with E-state index in [0.29, 0.717) is 0 Å². The first-order chi connectivity index (χ1) is 14.0. The molecule has 0 radical (unpaired) electrons. The summed E-state index contributed by atoms with van der Waals surface area (Å²) >= 11 is 1.47. The van der Waals surface area contributed by atoms with E-state index in [9.17, 15) is 0 Å². The Morgan fingerprint density at radius 2 is 1.45 bits per heavy atom. The van der Waals surface area contributed by atoms with Crippen LogP contribution in [-0.4, -0.2) is 16.6 Å². The van der Waals surface area contributed by atoms with Crippen molar-refractivity contribution in [2.24, 2.45) is 0 Å². The minimum Gasteiger partial charge on any atom is -0.147 e. The first-order valence-corrected chi connectivity index (χ1v) is 18.4. The number of hydrogen-bond donors (Lipinski definition) is 0. The van der Waals surface area contributed by atoms with Crippen LogP contribution in [0, 0.1) is 0 Å². The molecule has 1 aromatic rings. The Hall–Kier alpha value is 0.0969. The molecule has 7 heteroatoms. The largest absolute Gasteiger partial charge is 0.147 e. The van der Waals surface area contributed by atoms with E-state index < -0.39 is 22.2 Å². The Kier molecular flexibility index (Phi) is 9.64. The Bertz CT molecular complexity index is 969. The number of allylic oxidation sites excluding steroid dienone is 2. The van der Waals surface area contributed by atoms with E-state index in [1.54, 1.807) is 0 Å². The van der Waals surface area contributed by atoms with Crippen LogP contribution in [0.2, 0.25) is 36.3 Å². The van der Waals surface area contributed by atoms with Crippen molar-refractivity contribution in [2.45, 2.75) is 89.8 Å². The van der Waals surface area contributed by atoms with Gasteiger partial charge in [-0.05, 0) is 0 Å². The molecule has 0 heterocycles. The first-order valence-electron chi connectivity index (χ1n) is 11.4. The molecule has 2 nitrogen and oxygen atoms in total. The molecule has 2 aliphatic rings. The standard InChI is InChI=1S/C26H39O2Si2.2ClH.Zr/c1-24(2,3)29(7,8)27-22-17-13-14-20-18-19-26(23(20)22,21-15-11-12-16-21)28-30(9,10)25(4,5)6;;;/h11,13-15,17-19H,12H2,1-10H3;2*1H;. The summed E-state index contributed by atoms with van der Waals surface area (Å²) in [7, 11) is -4.08. The van der Waals surface area contributed by atoms with Crippen molar-refractivity contribution in [1.29, 1.82) is 0 Å². The van der Waals surface area contributed by atoms with E-state index in [4.69, 9.17) is 8.85 Å². The van der Waals surface area contributed by atoms with Crippen molar-refractivity contribution in [2.75, 3.05) is 0 Å². The normalized spacial score (nSPS) is 20.4. The van der Waals surface area contributed by atoms with Gasteiger partial charge in [0.1, 0.15) is 0 Å². The molecule has 0 saturated heterocycles. The smallest absolute Gasteiger partial charge is 0.147 e. The fourth-order valence-corrected chi connectivity index (χ4v) is 7.03. The second kappa shape index (κ2) is 10.2. The second-order valence-electron chi connectivity index (χ2n) is 12.0. The summed E-state index contributed by atoms with van der Waals surface area (Å²) in [5.41, 5.74) is 3.22. The van der Waals surface area contributed by atoms with Gasteiger partial charge in [0.05, 0.1) is 0 Å². The van der Waals surface area contributed by atoms with Crippen LogP contribution in [0.3, 0.4) is 0 Å². The van der Waals surface area contributed by atoms with Gasteiger partial charge in [0.25, 0.3) is 0 Å². The molecule has 0 spiro atoms. The van der Waals surface area contributed by atoms with Crippen LogP contribution in [0.4, 0.5) is 0 Å². The average Bonchev–Trinajstić information content (AvgIpc) is 3.17. The molecule has 0 amide bonds. The third kappa shape index (κ3) is 5.75. The molecule has 183 valence electrons. The third-order valence-electron chi connectivity index (χ3n) is 7.65. The summed E-state index contributed by atoms with van der Waals surface area (Å²) in [4.78, 5) is 0. The van der Waals surface area contributed by atoms with Gasteiger partial charge in [-0.2, -0.15) is 0 Å². The molecular formula is C26H41Cl2O2Si2Zr. The zero-order valence-corrected chi connectivity index (χ0v) is 28.0. The molecule has 1 unspecified atom stereocenters. The van der Waals surface area contributed by atoms with E-state index in [1.165, 1.54) is 44.7 Å². The maximum atomic E-state index is 7.37. The van der Waals surface area contributed by atoms with E-state index in [2.05, 4.69) is 110 Å². The van der Waals surface area contributed by atoms with Crippen molar-refractivity contribution in [1.82, 2.24) is 0 Å². The number of rotatable bonds is 5. The summed E-state index contributed by atoms with van der Waals surface area (Å²) in [5.74, 6) is 1.00. The van der Waals surface area contributed by atoms with Crippen molar-refractivity contribution in [3.8, 4) is 5.75 Å². The van der Waals surface area contributed by atoms with E-state index >= 15 is 0 Å². The number of halogens is 2. The van der Waals surface area contributed by atoms with Crippen LogP contribution >= 0.6 is 24.8 Å². The van der Waals surface area contributed by atoms with Gasteiger partial charge in [-0.25, -0.2) is 0 Å². The van der Waals surface area contributed by atoms with Crippen LogP contribution in [-0.2, 0) is 34.7 Å². The van der Waals surface area contributed by atoms with Gasteiger partial charge in [0.2, 0.25) is 0 Å². The van der Waals surface area contributed by atoms with Crippen molar-refractivity contribution < 1.29 is 33.6 Å². The molecular weight excluding hydrogens is 563 g/mol. The summed E-state index contributed by atoms with van der Waals surface area (Å²) in [6.07, 6.45) is 10.2. The number of benzene rings is 1. The maximum Gasteiger partial charge on any atom is -0.147 e. The summed E-state index contributed by atoms with van der Waals surface area (Å²) in [6, 6.07) is 6.51. The van der Waals surface area contributed by atoms with Crippen molar-refractivity contribution in [3.63, 3.8) is 0 Å². The molecule has 0 saturated carbocycles. The fourth-order valence-electron chi connectivity index (χ4n) is 3.66. The van der Waals surface area contributed by atoms with Gasteiger partial charge >= 0.3 is 208 Å². The van der Waals surface area contributed by atoms with Gasteiger partial charge < -0.3 is 0 Å². The molecule has 33 heavy (non-hydrogen) atoms. The van der Waals surface area contributed by atoms with Crippen LogP contribution in [0.5, 0.6) is 5.75 Å². The van der Waals surface area contributed by atoms with Gasteiger partial charge in [0, 0.05) is 0 Å². The molecule has 0 bridgehead atoms. The quantitative estimate of drug-likeness (QED) is 0.313. The zero-order valence-electron chi connectivity index (χ0n) is 21.9. The molecule has 3 rings (SSSR count). The Balaban J connectivity index is 0.00000272. The molecule has 2 aliphatic carbocycles. The predicted molar refractivity (Wildman–Crippen MR) is 149 cm³/mol. The SMILES string of the molecule is CC(C)(C)[Si](C)(C)Oc1cccc2c1C(O[Si](C)(C)C(C)(C)C)(C1=[C]([Zr])CC=C1)C=C2.Cl.Cl. The van der Waals surface area contributed by atoms with Gasteiger partial charge in [-0.3, -0.25) is 0 Å². The predicted octanol–water partition coefficient (Wildman–Crippen LogP) is 8.92. The first kappa shape index (κ1) is 31.1. The molecule has 0 N–H and O–H groups in total. The molecule has 1 atom stereocenters. The van der Waals surface area contributed by atoms with E-state index in [-0.39, 0.29) is 34.9 Å². The summed E-state index contributed by atoms with van der Waals surface area (Å²) in [6.45, 7) is 23.2. The third-order valence-corrected chi connectivity index (χ3v) is 17.6. The summed E-state index contributed by atoms with van der Waals surface area (Å²) < 4.78 is 15.8. The van der Waals surface area contributed by atoms with Gasteiger partial charge in [-0.15, -0.1) is 24.8 Å². The van der Waals surface area contributed by atoms with Crippen LogP contribution in [0.15, 0.2) is 45.3 Å². The van der Waals surface area contributed by atoms with Crippen LogP contribution in [0.1, 0.15) is 59.1 Å². The average molecular weight is 604 g/mol. The van der Waals surface area contributed by atoms with E-state index in [1.807, 2.05) is 0 Å². The fraction of sp³-hybridized carbons (Fsp3) is 0.538. The Morgan fingerprint density at radius 1 is 0.879 bits per heavy atom. The van der Waals surface area contributed by atoms with E-state index in [0.717, 1.165) is 12.2 Å². The number of fused-ring (bicyclic) bond motifs is 1. The van der Waals surface area contributed by atoms with Crippen molar-refractivity contribution >= 4 is 47.5 Å². The molecule has 0 aromatic heterocycles. The summed E-state index contributed by atoms with van der Waals surface area (Å²) in [5, 5.41) is 0.258. The van der Waals surface area contributed by atoms with Gasteiger partial charge in [-0.1, -0.05) is 0 Å². The monoisotopic (exact) mass is 601 g/mol. The minimum absolute atomic E-state index is 0. The van der Waals surface area contributed by atoms with Gasteiger partial charge in [0.15, 0.2) is 0 Å². The zero-order chi connectivity index (χ0) is 23.5. The topological polar surface area (TPSA) is 18.5 Å². The maximum absolute atomic E-state index is 7.37. The van der Waals surface area contributed by atoms with Crippen molar-refractivity contribution in [3.05, 3.63) is 56.4 Å². The second-order valence-corrected chi connectivity index (χ2v) is 22.9. The molecule has 1 aromatic carbocycles. The minimum atomic E-state index is -2.08. The molecule has 0 fully saturated rings. The number of hydrogen-bond acceptors (Lipinski definition) is 2. The molecule has 0 aliphatic heterocycles. The Morgan fingerprint density at radius 3 is 1.94 bits per heavy atom.